The Hall–Kier alpha value is -1.17. The number of hydrogen-bond donors (Lipinski definition) is 0. The van der Waals surface area contributed by atoms with Crippen LogP contribution in [0.15, 0.2) is 10.6 Å². The molecule has 0 radical (unpaired) electrons. The predicted octanol–water partition coefficient (Wildman–Crippen LogP) is 2.35. The normalized spacial score (nSPS) is 18.1. The Labute approximate surface area is 124 Å². The maximum atomic E-state index is 12.4. The molecule has 1 saturated heterocycles. The standard InChI is InChI=1S/C14H23N3O2S/c1-14(10-20-4)5-7-17(8-6-14)12(18)11-9-15-13(19-11)16(2)3/h9H,5-8,10H2,1-4H3. The number of nitrogens with zero attached hydrogens (tertiary/aromatic N) is 3. The number of carbonyl (C=O) groups is 1. The van der Waals surface area contributed by atoms with Crippen LogP contribution in [-0.4, -0.2) is 55.0 Å². The van der Waals surface area contributed by atoms with Crippen LogP contribution in [0.4, 0.5) is 6.01 Å². The first-order chi connectivity index (χ1) is 9.45. The average molecular weight is 297 g/mol. The molecule has 0 atom stereocenters. The molecule has 2 heterocycles. The van der Waals surface area contributed by atoms with Gasteiger partial charge in [0, 0.05) is 27.2 Å². The van der Waals surface area contributed by atoms with Gasteiger partial charge in [-0.05, 0) is 30.3 Å². The molecule has 0 aliphatic carbocycles. The Bertz CT molecular complexity index is 465. The van der Waals surface area contributed by atoms with E-state index in [1.807, 2.05) is 30.8 Å². The van der Waals surface area contributed by atoms with Crippen LogP contribution in [0.3, 0.4) is 0 Å². The highest BCUT2D eigenvalue weighted by molar-refractivity contribution is 7.98. The van der Waals surface area contributed by atoms with Gasteiger partial charge in [-0.1, -0.05) is 6.92 Å². The number of oxazole rings is 1. The molecular weight excluding hydrogens is 274 g/mol. The van der Waals surface area contributed by atoms with Crippen molar-refractivity contribution in [1.82, 2.24) is 9.88 Å². The topological polar surface area (TPSA) is 49.6 Å². The highest BCUT2D eigenvalue weighted by Gasteiger charge is 2.32. The molecule has 0 saturated carbocycles. The van der Waals surface area contributed by atoms with Gasteiger partial charge in [-0.2, -0.15) is 11.8 Å². The van der Waals surface area contributed by atoms with Crippen LogP contribution in [0.25, 0.3) is 0 Å². The molecule has 6 heteroatoms. The Morgan fingerprint density at radius 3 is 2.65 bits per heavy atom. The second-order valence-electron chi connectivity index (χ2n) is 5.94. The van der Waals surface area contributed by atoms with Gasteiger partial charge in [-0.3, -0.25) is 4.79 Å². The van der Waals surface area contributed by atoms with Gasteiger partial charge < -0.3 is 14.2 Å². The number of carbonyl (C=O) groups excluding carboxylic acids is 1. The predicted molar refractivity (Wildman–Crippen MR) is 82.5 cm³/mol. The zero-order chi connectivity index (χ0) is 14.8. The first-order valence-corrected chi connectivity index (χ1v) is 8.26. The van der Waals surface area contributed by atoms with E-state index in [0.717, 1.165) is 31.7 Å². The summed E-state index contributed by atoms with van der Waals surface area (Å²) in [6.07, 6.45) is 5.76. The van der Waals surface area contributed by atoms with Gasteiger partial charge in [0.05, 0.1) is 6.20 Å². The van der Waals surface area contributed by atoms with Crippen molar-refractivity contribution in [2.45, 2.75) is 19.8 Å². The summed E-state index contributed by atoms with van der Waals surface area (Å²) in [5.41, 5.74) is 0.354. The van der Waals surface area contributed by atoms with Gasteiger partial charge in [0.1, 0.15) is 0 Å². The Balaban J connectivity index is 1.97. The third kappa shape index (κ3) is 3.29. The number of thioether (sulfide) groups is 1. The number of anilines is 1. The average Bonchev–Trinajstić information content (AvgIpc) is 2.88. The summed E-state index contributed by atoms with van der Waals surface area (Å²) in [5.74, 6) is 1.45. The van der Waals surface area contributed by atoms with E-state index in [1.165, 1.54) is 6.20 Å². The third-order valence-corrected chi connectivity index (χ3v) is 4.82. The number of hydrogen-bond acceptors (Lipinski definition) is 5. The van der Waals surface area contributed by atoms with Gasteiger partial charge in [-0.15, -0.1) is 0 Å². The fraction of sp³-hybridized carbons (Fsp3) is 0.714. The highest BCUT2D eigenvalue weighted by Crippen LogP contribution is 2.34. The van der Waals surface area contributed by atoms with Crippen LogP contribution in [0.5, 0.6) is 0 Å². The van der Waals surface area contributed by atoms with Gasteiger partial charge in [0.25, 0.3) is 11.9 Å². The summed E-state index contributed by atoms with van der Waals surface area (Å²) < 4.78 is 5.48. The van der Waals surface area contributed by atoms with Crippen LogP contribution < -0.4 is 4.90 Å². The molecule has 1 aromatic heterocycles. The lowest BCUT2D eigenvalue weighted by Crippen LogP contribution is -2.42. The summed E-state index contributed by atoms with van der Waals surface area (Å²) in [4.78, 5) is 20.1. The van der Waals surface area contributed by atoms with Crippen molar-refractivity contribution in [3.05, 3.63) is 12.0 Å². The number of piperidine rings is 1. The second-order valence-corrected chi connectivity index (χ2v) is 6.80. The van der Waals surface area contributed by atoms with E-state index < -0.39 is 0 Å². The van der Waals surface area contributed by atoms with Crippen molar-refractivity contribution in [2.75, 3.05) is 44.1 Å². The maximum Gasteiger partial charge on any atom is 0.297 e. The van der Waals surface area contributed by atoms with Gasteiger partial charge in [0.2, 0.25) is 5.76 Å². The van der Waals surface area contributed by atoms with Crippen molar-refractivity contribution in [3.8, 4) is 0 Å². The summed E-state index contributed by atoms with van der Waals surface area (Å²) in [5, 5.41) is 0. The summed E-state index contributed by atoms with van der Waals surface area (Å²) >= 11 is 1.88. The fourth-order valence-corrected chi connectivity index (χ4v) is 3.45. The van der Waals surface area contributed by atoms with Crippen molar-refractivity contribution < 1.29 is 9.21 Å². The van der Waals surface area contributed by atoms with Crippen molar-refractivity contribution >= 4 is 23.7 Å². The molecule has 0 aromatic carbocycles. The van der Waals surface area contributed by atoms with Crippen LogP contribution in [0.2, 0.25) is 0 Å². The van der Waals surface area contributed by atoms with Crippen molar-refractivity contribution in [1.29, 1.82) is 0 Å². The quantitative estimate of drug-likeness (QED) is 0.854. The molecule has 0 bridgehead atoms. The first-order valence-electron chi connectivity index (χ1n) is 6.86. The molecule has 1 fully saturated rings. The summed E-state index contributed by atoms with van der Waals surface area (Å²) in [7, 11) is 3.68. The number of likely N-dealkylation sites (tertiary alicyclic amines) is 1. The van der Waals surface area contributed by atoms with Crippen LogP contribution >= 0.6 is 11.8 Å². The van der Waals surface area contributed by atoms with E-state index in [9.17, 15) is 4.79 Å². The Morgan fingerprint density at radius 2 is 2.15 bits per heavy atom. The minimum atomic E-state index is -0.0446. The lowest BCUT2D eigenvalue weighted by atomic mass is 9.82. The third-order valence-electron chi connectivity index (χ3n) is 3.84. The molecule has 1 aliphatic rings. The zero-order valence-electron chi connectivity index (χ0n) is 12.7. The fourth-order valence-electron chi connectivity index (χ4n) is 2.47. The largest absolute Gasteiger partial charge is 0.418 e. The molecule has 1 amide bonds. The Morgan fingerprint density at radius 1 is 1.50 bits per heavy atom. The molecular formula is C14H23N3O2S. The number of aromatic nitrogens is 1. The van der Waals surface area contributed by atoms with E-state index in [-0.39, 0.29) is 5.91 Å². The zero-order valence-corrected chi connectivity index (χ0v) is 13.5. The first kappa shape index (κ1) is 15.2. The summed E-state index contributed by atoms with van der Waals surface area (Å²) in [6, 6.07) is 0.470. The molecule has 2 rings (SSSR count). The summed E-state index contributed by atoms with van der Waals surface area (Å²) in [6.45, 7) is 3.91. The van der Waals surface area contributed by atoms with Gasteiger partial charge in [-0.25, -0.2) is 4.98 Å². The number of amides is 1. The van der Waals surface area contributed by atoms with E-state index in [1.54, 1.807) is 4.90 Å². The van der Waals surface area contributed by atoms with E-state index in [0.29, 0.717) is 17.2 Å². The highest BCUT2D eigenvalue weighted by atomic mass is 32.2. The minimum Gasteiger partial charge on any atom is -0.418 e. The van der Waals surface area contributed by atoms with Crippen molar-refractivity contribution in [2.24, 2.45) is 5.41 Å². The SMILES string of the molecule is CSCC1(C)CCN(C(=O)c2cnc(N(C)C)o2)CC1. The van der Waals surface area contributed by atoms with E-state index >= 15 is 0 Å². The number of rotatable bonds is 4. The molecule has 1 aliphatic heterocycles. The molecule has 0 spiro atoms. The second kappa shape index (κ2) is 6.08. The molecule has 0 N–H and O–H groups in total. The van der Waals surface area contributed by atoms with E-state index in [4.69, 9.17) is 4.42 Å². The molecule has 112 valence electrons. The molecule has 5 nitrogen and oxygen atoms in total. The lowest BCUT2D eigenvalue weighted by molar-refractivity contribution is 0.0605. The van der Waals surface area contributed by atoms with Crippen LogP contribution in [0.1, 0.15) is 30.3 Å². The monoisotopic (exact) mass is 297 g/mol. The lowest BCUT2D eigenvalue weighted by Gasteiger charge is -2.38. The van der Waals surface area contributed by atoms with E-state index in [2.05, 4.69) is 18.2 Å². The van der Waals surface area contributed by atoms with Crippen molar-refractivity contribution in [3.63, 3.8) is 0 Å². The molecule has 20 heavy (non-hydrogen) atoms. The van der Waals surface area contributed by atoms with Gasteiger partial charge >= 0.3 is 0 Å². The Kier molecular flexibility index (Phi) is 4.62. The van der Waals surface area contributed by atoms with Crippen LogP contribution in [-0.2, 0) is 0 Å². The molecule has 0 unspecified atom stereocenters. The minimum absolute atomic E-state index is 0.0446. The van der Waals surface area contributed by atoms with Crippen LogP contribution in [0, 0.1) is 5.41 Å². The smallest absolute Gasteiger partial charge is 0.297 e. The molecule has 1 aromatic rings. The maximum absolute atomic E-state index is 12.4. The van der Waals surface area contributed by atoms with Gasteiger partial charge in [0.15, 0.2) is 0 Å².